The molecule has 1 fully saturated rings. The lowest BCUT2D eigenvalue weighted by Crippen LogP contribution is -2.42. The number of rotatable bonds is 7. The molecule has 4 nitrogen and oxygen atoms in total. The molecule has 1 aromatic rings. The molecule has 23 heavy (non-hydrogen) atoms. The molecule has 0 aromatic heterocycles. The lowest BCUT2D eigenvalue weighted by atomic mass is 9.93. The third kappa shape index (κ3) is 5.66. The molecule has 1 aromatic carbocycles. The first kappa shape index (κ1) is 18.0. The summed E-state index contributed by atoms with van der Waals surface area (Å²) in [6.45, 7) is 2.26. The fourth-order valence-corrected chi connectivity index (χ4v) is 3.02. The Morgan fingerprint density at radius 3 is 3.04 bits per heavy atom. The molecule has 1 amide bonds. The number of hydrogen-bond donors (Lipinski definition) is 0. The molecule has 1 heterocycles. The van der Waals surface area contributed by atoms with Crippen LogP contribution in [0.2, 0.25) is 5.02 Å². The van der Waals surface area contributed by atoms with Gasteiger partial charge in [0.25, 0.3) is 5.91 Å². The maximum atomic E-state index is 13.1. The summed E-state index contributed by atoms with van der Waals surface area (Å²) in [5, 5.41) is -0.00821. The molecule has 128 valence electrons. The number of nitrogens with zero attached hydrogens (tertiary/aromatic N) is 1. The fourth-order valence-electron chi connectivity index (χ4n) is 2.85. The third-order valence-electron chi connectivity index (χ3n) is 4.09. The second-order valence-corrected chi connectivity index (χ2v) is 6.25. The molecule has 1 atom stereocenters. The van der Waals surface area contributed by atoms with Gasteiger partial charge in [-0.2, -0.15) is 0 Å². The van der Waals surface area contributed by atoms with E-state index in [4.69, 9.17) is 21.1 Å². The van der Waals surface area contributed by atoms with E-state index in [0.717, 1.165) is 45.4 Å². The van der Waals surface area contributed by atoms with Gasteiger partial charge in [0.15, 0.2) is 6.61 Å². The van der Waals surface area contributed by atoms with Crippen molar-refractivity contribution < 1.29 is 18.7 Å². The number of carbonyl (C=O) groups excluding carboxylic acids is 1. The summed E-state index contributed by atoms with van der Waals surface area (Å²) in [6.07, 6.45) is 4.27. The Kier molecular flexibility index (Phi) is 7.12. The Morgan fingerprint density at radius 2 is 2.30 bits per heavy atom. The molecule has 0 unspecified atom stereocenters. The average molecular weight is 344 g/mol. The Hall–Kier alpha value is -1.33. The molecule has 0 bridgehead atoms. The highest BCUT2D eigenvalue weighted by Crippen LogP contribution is 2.23. The monoisotopic (exact) mass is 343 g/mol. The standard InChI is InChI=1S/C17H23ClFNO3/c1-22-9-3-5-13-4-2-8-20(11-13)17(21)12-23-14-6-7-16(19)15(18)10-14/h6-7,10,13H,2-5,8-9,11-12H2,1H3/t13-/m1/s1. The minimum Gasteiger partial charge on any atom is -0.484 e. The first-order valence-electron chi connectivity index (χ1n) is 7.94. The van der Waals surface area contributed by atoms with Crippen LogP contribution in [-0.2, 0) is 9.53 Å². The molecule has 0 aliphatic carbocycles. The number of benzene rings is 1. The number of ether oxygens (including phenoxy) is 2. The second kappa shape index (κ2) is 9.08. The van der Waals surface area contributed by atoms with Gasteiger partial charge in [0.05, 0.1) is 5.02 Å². The summed E-state index contributed by atoms with van der Waals surface area (Å²) in [5.41, 5.74) is 0. The van der Waals surface area contributed by atoms with Gasteiger partial charge in [0.2, 0.25) is 0 Å². The van der Waals surface area contributed by atoms with Crippen LogP contribution in [0, 0.1) is 11.7 Å². The summed E-state index contributed by atoms with van der Waals surface area (Å²) in [4.78, 5) is 14.1. The maximum absolute atomic E-state index is 13.1. The van der Waals surface area contributed by atoms with Gasteiger partial charge in [-0.1, -0.05) is 11.6 Å². The Balaban J connectivity index is 1.79. The van der Waals surface area contributed by atoms with Crippen LogP contribution in [0.25, 0.3) is 0 Å². The van der Waals surface area contributed by atoms with Gasteiger partial charge in [-0.3, -0.25) is 4.79 Å². The van der Waals surface area contributed by atoms with E-state index < -0.39 is 5.82 Å². The second-order valence-electron chi connectivity index (χ2n) is 5.85. The van der Waals surface area contributed by atoms with Gasteiger partial charge in [-0.05, 0) is 43.7 Å². The van der Waals surface area contributed by atoms with E-state index in [1.807, 2.05) is 4.90 Å². The normalized spacial score (nSPS) is 18.0. The topological polar surface area (TPSA) is 38.8 Å². The van der Waals surface area contributed by atoms with Gasteiger partial charge >= 0.3 is 0 Å². The molecule has 1 saturated heterocycles. The molecular formula is C17H23ClFNO3. The molecule has 0 N–H and O–H groups in total. The van der Waals surface area contributed by atoms with Gasteiger partial charge in [0, 0.05) is 32.9 Å². The van der Waals surface area contributed by atoms with Crippen LogP contribution in [0.1, 0.15) is 25.7 Å². The minimum absolute atomic E-state index is 0.00821. The van der Waals surface area contributed by atoms with Gasteiger partial charge in [-0.15, -0.1) is 0 Å². The van der Waals surface area contributed by atoms with Gasteiger partial charge in [-0.25, -0.2) is 4.39 Å². The quantitative estimate of drug-likeness (QED) is 0.711. The lowest BCUT2D eigenvalue weighted by Gasteiger charge is -2.32. The van der Waals surface area contributed by atoms with Crippen molar-refractivity contribution in [3.05, 3.63) is 29.0 Å². The molecule has 1 aliphatic rings. The largest absolute Gasteiger partial charge is 0.484 e. The first-order chi connectivity index (χ1) is 11.1. The molecule has 6 heteroatoms. The number of likely N-dealkylation sites (tertiary alicyclic amines) is 1. The van der Waals surface area contributed by atoms with Crippen molar-refractivity contribution in [2.24, 2.45) is 5.92 Å². The van der Waals surface area contributed by atoms with Crippen LogP contribution in [0.4, 0.5) is 4.39 Å². The summed E-state index contributed by atoms with van der Waals surface area (Å²) >= 11 is 5.70. The van der Waals surface area contributed by atoms with Gasteiger partial charge in [0.1, 0.15) is 11.6 Å². The van der Waals surface area contributed by atoms with E-state index in [0.29, 0.717) is 11.7 Å². The zero-order chi connectivity index (χ0) is 16.7. The SMILES string of the molecule is COCCC[C@H]1CCCN(C(=O)COc2ccc(F)c(Cl)c2)C1. The highest BCUT2D eigenvalue weighted by molar-refractivity contribution is 6.30. The van der Waals surface area contributed by atoms with E-state index in [9.17, 15) is 9.18 Å². The van der Waals surface area contributed by atoms with Crippen molar-refractivity contribution in [3.8, 4) is 5.75 Å². The summed E-state index contributed by atoms with van der Waals surface area (Å²) in [5.74, 6) is 0.392. The van der Waals surface area contributed by atoms with E-state index >= 15 is 0 Å². The smallest absolute Gasteiger partial charge is 0.260 e. The first-order valence-corrected chi connectivity index (χ1v) is 8.32. The Labute approximate surface area is 141 Å². The van der Waals surface area contributed by atoms with Crippen molar-refractivity contribution in [3.63, 3.8) is 0 Å². The van der Waals surface area contributed by atoms with Crippen LogP contribution in [-0.4, -0.2) is 44.2 Å². The zero-order valence-corrected chi connectivity index (χ0v) is 14.2. The number of methoxy groups -OCH3 is 1. The minimum atomic E-state index is -0.500. The van der Waals surface area contributed by atoms with E-state index in [1.165, 1.54) is 18.2 Å². The summed E-state index contributed by atoms with van der Waals surface area (Å²) < 4.78 is 23.6. The van der Waals surface area contributed by atoms with Crippen molar-refractivity contribution in [1.29, 1.82) is 0 Å². The number of piperidine rings is 1. The fraction of sp³-hybridized carbons (Fsp3) is 0.588. The van der Waals surface area contributed by atoms with E-state index in [2.05, 4.69) is 0 Å². The third-order valence-corrected chi connectivity index (χ3v) is 4.38. The van der Waals surface area contributed by atoms with Crippen molar-refractivity contribution in [1.82, 2.24) is 4.90 Å². The van der Waals surface area contributed by atoms with Crippen LogP contribution in [0.15, 0.2) is 18.2 Å². The van der Waals surface area contributed by atoms with Crippen molar-refractivity contribution in [2.45, 2.75) is 25.7 Å². The van der Waals surface area contributed by atoms with E-state index in [-0.39, 0.29) is 17.5 Å². The Morgan fingerprint density at radius 1 is 1.48 bits per heavy atom. The molecule has 2 rings (SSSR count). The van der Waals surface area contributed by atoms with Crippen LogP contribution >= 0.6 is 11.6 Å². The van der Waals surface area contributed by atoms with Crippen LogP contribution in [0.5, 0.6) is 5.75 Å². The average Bonchev–Trinajstić information content (AvgIpc) is 2.56. The van der Waals surface area contributed by atoms with E-state index in [1.54, 1.807) is 7.11 Å². The highest BCUT2D eigenvalue weighted by Gasteiger charge is 2.23. The highest BCUT2D eigenvalue weighted by atomic mass is 35.5. The van der Waals surface area contributed by atoms with Crippen LogP contribution in [0.3, 0.4) is 0 Å². The number of carbonyl (C=O) groups is 1. The lowest BCUT2D eigenvalue weighted by molar-refractivity contribution is -0.135. The summed E-state index contributed by atoms with van der Waals surface area (Å²) in [6, 6.07) is 4.08. The summed E-state index contributed by atoms with van der Waals surface area (Å²) in [7, 11) is 1.70. The molecule has 0 radical (unpaired) electrons. The molecule has 1 aliphatic heterocycles. The number of amides is 1. The number of hydrogen-bond acceptors (Lipinski definition) is 3. The predicted molar refractivity (Wildman–Crippen MR) is 87.3 cm³/mol. The van der Waals surface area contributed by atoms with Crippen molar-refractivity contribution >= 4 is 17.5 Å². The van der Waals surface area contributed by atoms with Gasteiger partial charge < -0.3 is 14.4 Å². The van der Waals surface area contributed by atoms with Crippen LogP contribution < -0.4 is 4.74 Å². The number of halogens is 2. The molecule has 0 spiro atoms. The molecular weight excluding hydrogens is 321 g/mol. The maximum Gasteiger partial charge on any atom is 0.260 e. The molecule has 0 saturated carbocycles. The van der Waals surface area contributed by atoms with Crippen molar-refractivity contribution in [2.75, 3.05) is 33.4 Å². The Bertz CT molecular complexity index is 527. The zero-order valence-electron chi connectivity index (χ0n) is 13.4. The predicted octanol–water partition coefficient (Wildman–Crippen LogP) is 3.52.